The zero-order valence-corrected chi connectivity index (χ0v) is 22.8. The van der Waals surface area contributed by atoms with Crippen LogP contribution in [0.25, 0.3) is 0 Å². The number of carbonyl (C=O) groups is 1. The van der Waals surface area contributed by atoms with Crippen LogP contribution in [0.3, 0.4) is 0 Å². The SMILES string of the molecule is CCN(CCCN1CCCC(CN2CCc3cc(OC)c(OC)cc3C2=O)C1)c1ccc(C)c(C)c1. The second-order valence-corrected chi connectivity index (χ2v) is 10.4. The molecule has 36 heavy (non-hydrogen) atoms. The minimum atomic E-state index is 0.126. The molecule has 1 saturated heterocycles. The van der Waals surface area contributed by atoms with Crippen LogP contribution in [0.4, 0.5) is 5.69 Å². The van der Waals surface area contributed by atoms with Crippen LogP contribution < -0.4 is 14.4 Å². The molecule has 0 radical (unpaired) electrons. The van der Waals surface area contributed by atoms with E-state index >= 15 is 0 Å². The summed E-state index contributed by atoms with van der Waals surface area (Å²) in [6.45, 7) is 13.7. The third-order valence-electron chi connectivity index (χ3n) is 8.00. The summed E-state index contributed by atoms with van der Waals surface area (Å²) >= 11 is 0. The fraction of sp³-hybridized carbons (Fsp3) is 0.567. The molecular formula is C30H43N3O3. The molecule has 2 aromatic rings. The van der Waals surface area contributed by atoms with Gasteiger partial charge in [-0.2, -0.15) is 0 Å². The number of benzene rings is 2. The van der Waals surface area contributed by atoms with Crippen LogP contribution in [0.15, 0.2) is 30.3 Å². The van der Waals surface area contributed by atoms with Crippen molar-refractivity contribution in [2.24, 2.45) is 5.92 Å². The fourth-order valence-electron chi connectivity index (χ4n) is 5.72. The van der Waals surface area contributed by atoms with Gasteiger partial charge in [0.05, 0.1) is 14.2 Å². The number of nitrogens with zero attached hydrogens (tertiary/aromatic N) is 3. The van der Waals surface area contributed by atoms with E-state index in [4.69, 9.17) is 9.47 Å². The third kappa shape index (κ3) is 5.97. The minimum Gasteiger partial charge on any atom is -0.493 e. The second kappa shape index (κ2) is 12.0. The molecule has 0 aromatic heterocycles. The Labute approximate surface area is 217 Å². The van der Waals surface area contributed by atoms with Gasteiger partial charge in [0.25, 0.3) is 5.91 Å². The molecule has 0 spiro atoms. The molecule has 4 rings (SSSR count). The Balaban J connectivity index is 1.30. The highest BCUT2D eigenvalue weighted by molar-refractivity contribution is 5.97. The average Bonchev–Trinajstić information content (AvgIpc) is 2.89. The van der Waals surface area contributed by atoms with Crippen LogP contribution in [-0.4, -0.2) is 75.7 Å². The summed E-state index contributed by atoms with van der Waals surface area (Å²) in [7, 11) is 3.26. The lowest BCUT2D eigenvalue weighted by atomic mass is 9.94. The van der Waals surface area contributed by atoms with E-state index in [1.165, 1.54) is 36.2 Å². The molecule has 6 heteroatoms. The molecule has 1 fully saturated rings. The van der Waals surface area contributed by atoms with E-state index in [-0.39, 0.29) is 5.91 Å². The number of amides is 1. The smallest absolute Gasteiger partial charge is 0.254 e. The van der Waals surface area contributed by atoms with Crippen molar-refractivity contribution in [2.75, 3.05) is 64.9 Å². The highest BCUT2D eigenvalue weighted by atomic mass is 16.5. The lowest BCUT2D eigenvalue weighted by Crippen LogP contribution is -2.45. The van der Waals surface area contributed by atoms with E-state index in [9.17, 15) is 4.79 Å². The van der Waals surface area contributed by atoms with Crippen molar-refractivity contribution in [1.82, 2.24) is 9.80 Å². The van der Waals surface area contributed by atoms with Crippen molar-refractivity contribution >= 4 is 11.6 Å². The molecule has 196 valence electrons. The number of carbonyl (C=O) groups excluding carboxylic acids is 1. The maximum absolute atomic E-state index is 13.3. The van der Waals surface area contributed by atoms with Crippen molar-refractivity contribution in [2.45, 2.75) is 46.5 Å². The molecule has 0 saturated carbocycles. The number of likely N-dealkylation sites (tertiary alicyclic amines) is 1. The van der Waals surface area contributed by atoms with Gasteiger partial charge in [-0.25, -0.2) is 0 Å². The van der Waals surface area contributed by atoms with Crippen LogP contribution >= 0.6 is 0 Å². The first-order valence-corrected chi connectivity index (χ1v) is 13.5. The van der Waals surface area contributed by atoms with E-state index in [1.54, 1.807) is 14.2 Å². The van der Waals surface area contributed by atoms with Crippen molar-refractivity contribution < 1.29 is 14.3 Å². The Morgan fingerprint density at radius 2 is 1.81 bits per heavy atom. The van der Waals surface area contributed by atoms with Crippen LogP contribution in [-0.2, 0) is 6.42 Å². The summed E-state index contributed by atoms with van der Waals surface area (Å²) in [5, 5.41) is 0. The first-order valence-electron chi connectivity index (χ1n) is 13.5. The normalized spacial score (nSPS) is 18.2. The highest BCUT2D eigenvalue weighted by Gasteiger charge is 2.30. The van der Waals surface area contributed by atoms with E-state index in [0.717, 1.165) is 63.2 Å². The van der Waals surface area contributed by atoms with Gasteiger partial charge >= 0.3 is 0 Å². The van der Waals surface area contributed by atoms with Crippen LogP contribution in [0.1, 0.15) is 53.2 Å². The molecule has 0 N–H and O–H groups in total. The molecule has 6 nitrogen and oxygen atoms in total. The van der Waals surface area contributed by atoms with E-state index in [2.05, 4.69) is 53.7 Å². The highest BCUT2D eigenvalue weighted by Crippen LogP contribution is 2.33. The summed E-state index contributed by atoms with van der Waals surface area (Å²) in [6.07, 6.45) is 4.43. The van der Waals surface area contributed by atoms with E-state index in [1.807, 2.05) is 12.1 Å². The predicted octanol–water partition coefficient (Wildman–Crippen LogP) is 4.95. The van der Waals surface area contributed by atoms with Gasteiger partial charge in [0.2, 0.25) is 0 Å². The molecule has 2 heterocycles. The number of ether oxygens (including phenoxy) is 2. The Morgan fingerprint density at radius 1 is 1.03 bits per heavy atom. The van der Waals surface area contributed by atoms with Gasteiger partial charge < -0.3 is 24.2 Å². The van der Waals surface area contributed by atoms with Crippen molar-refractivity contribution in [3.63, 3.8) is 0 Å². The molecule has 2 aromatic carbocycles. The number of piperidine rings is 1. The minimum absolute atomic E-state index is 0.126. The lowest BCUT2D eigenvalue weighted by Gasteiger charge is -2.37. The zero-order chi connectivity index (χ0) is 25.7. The maximum Gasteiger partial charge on any atom is 0.254 e. The molecule has 1 unspecified atom stereocenters. The molecule has 2 aliphatic heterocycles. The quantitative estimate of drug-likeness (QED) is 0.469. The number of methoxy groups -OCH3 is 2. The average molecular weight is 494 g/mol. The molecule has 1 atom stereocenters. The Hall–Kier alpha value is -2.73. The van der Waals surface area contributed by atoms with Gasteiger partial charge in [-0.15, -0.1) is 0 Å². The van der Waals surface area contributed by atoms with Gasteiger partial charge in [0.1, 0.15) is 0 Å². The van der Waals surface area contributed by atoms with Crippen molar-refractivity contribution in [3.05, 3.63) is 52.6 Å². The monoisotopic (exact) mass is 493 g/mol. The molecule has 0 bridgehead atoms. The predicted molar refractivity (Wildman–Crippen MR) is 147 cm³/mol. The molecule has 0 aliphatic carbocycles. The summed E-state index contributed by atoms with van der Waals surface area (Å²) in [4.78, 5) is 20.5. The Bertz CT molecular complexity index is 1050. The summed E-state index contributed by atoms with van der Waals surface area (Å²) < 4.78 is 10.9. The fourth-order valence-corrected chi connectivity index (χ4v) is 5.72. The lowest BCUT2D eigenvalue weighted by molar-refractivity contribution is 0.0660. The topological polar surface area (TPSA) is 45.2 Å². The summed E-state index contributed by atoms with van der Waals surface area (Å²) in [5.74, 6) is 1.98. The first kappa shape index (κ1) is 26.3. The Morgan fingerprint density at radius 3 is 2.53 bits per heavy atom. The van der Waals surface area contributed by atoms with Gasteiger partial charge in [0, 0.05) is 44.0 Å². The van der Waals surface area contributed by atoms with E-state index in [0.29, 0.717) is 17.4 Å². The Kier molecular flexibility index (Phi) is 8.78. The number of aryl methyl sites for hydroxylation is 2. The van der Waals surface area contributed by atoms with Crippen molar-refractivity contribution in [1.29, 1.82) is 0 Å². The van der Waals surface area contributed by atoms with E-state index < -0.39 is 0 Å². The zero-order valence-electron chi connectivity index (χ0n) is 22.8. The van der Waals surface area contributed by atoms with Crippen LogP contribution in [0.2, 0.25) is 0 Å². The van der Waals surface area contributed by atoms with Gasteiger partial charge in [-0.05, 0) is 106 Å². The van der Waals surface area contributed by atoms with Crippen LogP contribution in [0.5, 0.6) is 11.5 Å². The number of rotatable bonds is 10. The second-order valence-electron chi connectivity index (χ2n) is 10.4. The van der Waals surface area contributed by atoms with Gasteiger partial charge in [0.15, 0.2) is 11.5 Å². The van der Waals surface area contributed by atoms with Crippen LogP contribution in [0, 0.1) is 19.8 Å². The maximum atomic E-state index is 13.3. The third-order valence-corrected chi connectivity index (χ3v) is 8.00. The molecule has 1 amide bonds. The number of fused-ring (bicyclic) bond motifs is 1. The number of anilines is 1. The van der Waals surface area contributed by atoms with Gasteiger partial charge in [-0.1, -0.05) is 6.07 Å². The summed E-state index contributed by atoms with van der Waals surface area (Å²) in [5.41, 5.74) is 5.86. The molecular weight excluding hydrogens is 450 g/mol. The number of hydrogen-bond donors (Lipinski definition) is 0. The standard InChI is InChI=1S/C30H43N3O3/c1-6-32(26-11-10-22(2)23(3)17-26)15-8-14-31-13-7-9-24(20-31)21-33-16-12-25-18-28(35-4)29(36-5)19-27(25)30(33)34/h10-11,17-19,24H,6-9,12-16,20-21H2,1-5H3. The largest absolute Gasteiger partial charge is 0.493 e. The molecule has 2 aliphatic rings. The van der Waals surface area contributed by atoms with Crippen molar-refractivity contribution in [3.8, 4) is 11.5 Å². The van der Waals surface area contributed by atoms with Gasteiger partial charge in [-0.3, -0.25) is 4.79 Å². The number of hydrogen-bond acceptors (Lipinski definition) is 5. The first-order chi connectivity index (χ1) is 17.4. The summed E-state index contributed by atoms with van der Waals surface area (Å²) in [6, 6.07) is 10.6.